The molecule has 0 spiro atoms. The van der Waals surface area contributed by atoms with Gasteiger partial charge in [0.05, 0.1) is 16.3 Å². The highest BCUT2D eigenvalue weighted by molar-refractivity contribution is 6.36. The van der Waals surface area contributed by atoms with E-state index in [0.717, 1.165) is 28.2 Å². The van der Waals surface area contributed by atoms with Crippen LogP contribution in [0.5, 0.6) is 5.75 Å². The molecule has 0 atom stereocenters. The second-order valence-electron chi connectivity index (χ2n) is 9.11. The Balaban J connectivity index is 1.77. The first-order chi connectivity index (χ1) is 15.9. The van der Waals surface area contributed by atoms with Crippen molar-refractivity contribution < 1.29 is 19.1 Å². The molecule has 0 aliphatic carbocycles. The third-order valence-electron chi connectivity index (χ3n) is 5.54. The Morgan fingerprint density at radius 2 is 1.91 bits per heavy atom. The zero-order chi connectivity index (χ0) is 25.2. The van der Waals surface area contributed by atoms with Gasteiger partial charge in [-0.3, -0.25) is 0 Å². The highest BCUT2D eigenvalue weighted by Crippen LogP contribution is 2.34. The lowest BCUT2D eigenvalue weighted by molar-refractivity contribution is -0.152. The fourth-order valence-electron chi connectivity index (χ4n) is 3.49. The average Bonchev–Trinajstić information content (AvgIpc) is 3.17. The zero-order valence-corrected chi connectivity index (χ0v) is 21.5. The number of rotatable bonds is 9. The van der Waals surface area contributed by atoms with Crippen LogP contribution in [0.15, 0.2) is 47.4 Å². The molecule has 0 aliphatic rings. The summed E-state index contributed by atoms with van der Waals surface area (Å²) in [7, 11) is 0. The van der Waals surface area contributed by atoms with E-state index in [1.54, 1.807) is 24.3 Å². The van der Waals surface area contributed by atoms with E-state index < -0.39 is 11.6 Å². The number of aromatic nitrogens is 1. The molecule has 1 heterocycles. The van der Waals surface area contributed by atoms with Crippen molar-refractivity contribution >= 4 is 34.7 Å². The van der Waals surface area contributed by atoms with Gasteiger partial charge < -0.3 is 14.3 Å². The van der Waals surface area contributed by atoms with Crippen LogP contribution in [0.2, 0.25) is 10.0 Å². The van der Waals surface area contributed by atoms with Crippen LogP contribution >= 0.6 is 23.2 Å². The van der Waals surface area contributed by atoms with Gasteiger partial charge in [-0.05, 0) is 80.6 Å². The maximum absolute atomic E-state index is 11.4. The topological polar surface area (TPSA) is 72.6 Å². The van der Waals surface area contributed by atoms with Gasteiger partial charge in [0.2, 0.25) is 5.89 Å². The zero-order valence-electron chi connectivity index (χ0n) is 20.0. The predicted octanol–water partition coefficient (Wildman–Crippen LogP) is 7.97. The number of ether oxygens (including phenoxy) is 1. The highest BCUT2D eigenvalue weighted by Gasteiger charge is 2.30. The summed E-state index contributed by atoms with van der Waals surface area (Å²) in [5.74, 6) is 0.973. The molecule has 0 fully saturated rings. The second-order valence-corrected chi connectivity index (χ2v) is 9.95. The van der Waals surface area contributed by atoms with E-state index in [1.807, 2.05) is 19.1 Å². The van der Waals surface area contributed by atoms with Crippen molar-refractivity contribution in [3.8, 4) is 17.2 Å². The number of allylic oxidation sites excluding steroid dienone is 1. The number of carboxylic acid groups (broad SMARTS) is 1. The number of benzene rings is 2. The maximum atomic E-state index is 11.4. The van der Waals surface area contributed by atoms with Crippen LogP contribution in [0.1, 0.15) is 62.6 Å². The summed E-state index contributed by atoms with van der Waals surface area (Å²) in [6.07, 6.45) is 1.34. The molecule has 7 heteroatoms. The summed E-state index contributed by atoms with van der Waals surface area (Å²) in [5, 5.41) is 10.4. The standard InChI is InChI=1S/C27H29Cl2NO4/c1-15(2)24-22(30-25(33-24)20-10-9-19(28)14-21(20)29)11-7-16(3)18-8-12-23(17(4)13-18)34-27(5,6)26(31)32/h8-10,12-15H,3,7,11H2,1-2,4-6H3,(H,31,32). The van der Waals surface area contributed by atoms with E-state index in [0.29, 0.717) is 40.1 Å². The quantitative estimate of drug-likeness (QED) is 0.321. The van der Waals surface area contributed by atoms with Crippen molar-refractivity contribution in [3.63, 3.8) is 0 Å². The SMILES string of the molecule is C=C(CCc1nc(-c2ccc(Cl)cc2Cl)oc1C(C)C)c1ccc(OC(C)(C)C(=O)O)c(C)c1. The lowest BCUT2D eigenvalue weighted by atomic mass is 9.98. The van der Waals surface area contributed by atoms with E-state index >= 15 is 0 Å². The number of halogens is 2. The molecule has 1 aromatic heterocycles. The first kappa shape index (κ1) is 25.9. The third-order valence-corrected chi connectivity index (χ3v) is 6.09. The van der Waals surface area contributed by atoms with Gasteiger partial charge in [-0.1, -0.05) is 49.7 Å². The number of oxazole rings is 1. The van der Waals surface area contributed by atoms with E-state index in [1.165, 1.54) is 13.8 Å². The van der Waals surface area contributed by atoms with Crippen molar-refractivity contribution in [2.75, 3.05) is 0 Å². The number of nitrogens with zero attached hydrogens (tertiary/aromatic N) is 1. The van der Waals surface area contributed by atoms with E-state index in [9.17, 15) is 9.90 Å². The van der Waals surface area contributed by atoms with Crippen molar-refractivity contribution in [3.05, 3.63) is 75.6 Å². The summed E-state index contributed by atoms with van der Waals surface area (Å²) >= 11 is 12.4. The van der Waals surface area contributed by atoms with Gasteiger partial charge >= 0.3 is 5.97 Å². The molecule has 34 heavy (non-hydrogen) atoms. The Labute approximate surface area is 210 Å². The van der Waals surface area contributed by atoms with Crippen LogP contribution in [-0.4, -0.2) is 21.7 Å². The number of carbonyl (C=O) groups is 1. The average molecular weight is 502 g/mol. The molecule has 180 valence electrons. The fraction of sp³-hybridized carbons (Fsp3) is 0.333. The molecule has 0 amide bonds. The Hall–Kier alpha value is -2.76. The lowest BCUT2D eigenvalue weighted by Gasteiger charge is -2.23. The molecular weight excluding hydrogens is 473 g/mol. The minimum atomic E-state index is -1.31. The van der Waals surface area contributed by atoms with Crippen molar-refractivity contribution in [2.24, 2.45) is 0 Å². The van der Waals surface area contributed by atoms with E-state index in [2.05, 4.69) is 20.4 Å². The normalized spacial score (nSPS) is 11.6. The lowest BCUT2D eigenvalue weighted by Crippen LogP contribution is -2.38. The molecule has 0 saturated carbocycles. The smallest absolute Gasteiger partial charge is 0.347 e. The van der Waals surface area contributed by atoms with Crippen LogP contribution in [0.25, 0.3) is 17.0 Å². The Kier molecular flexibility index (Phi) is 7.79. The molecule has 2 aromatic carbocycles. The van der Waals surface area contributed by atoms with E-state index in [-0.39, 0.29) is 5.92 Å². The molecular formula is C27H29Cl2NO4. The van der Waals surface area contributed by atoms with Gasteiger partial charge in [-0.25, -0.2) is 9.78 Å². The van der Waals surface area contributed by atoms with Gasteiger partial charge in [-0.2, -0.15) is 0 Å². The number of aliphatic carboxylic acids is 1. The van der Waals surface area contributed by atoms with Crippen LogP contribution in [0, 0.1) is 6.92 Å². The minimum Gasteiger partial charge on any atom is -0.478 e. The maximum Gasteiger partial charge on any atom is 0.347 e. The molecule has 0 radical (unpaired) electrons. The van der Waals surface area contributed by atoms with Crippen molar-refractivity contribution in [1.29, 1.82) is 0 Å². The third kappa shape index (κ3) is 5.83. The van der Waals surface area contributed by atoms with E-state index in [4.69, 9.17) is 37.3 Å². The molecule has 0 aliphatic heterocycles. The monoisotopic (exact) mass is 501 g/mol. The number of carboxylic acids is 1. The molecule has 0 saturated heterocycles. The van der Waals surface area contributed by atoms with Gasteiger partial charge in [0.1, 0.15) is 11.5 Å². The van der Waals surface area contributed by atoms with Gasteiger partial charge in [0, 0.05) is 10.9 Å². The highest BCUT2D eigenvalue weighted by atomic mass is 35.5. The van der Waals surface area contributed by atoms with Gasteiger partial charge in [-0.15, -0.1) is 0 Å². The first-order valence-corrected chi connectivity index (χ1v) is 11.8. The minimum absolute atomic E-state index is 0.159. The summed E-state index contributed by atoms with van der Waals surface area (Å²) in [4.78, 5) is 16.1. The first-order valence-electron chi connectivity index (χ1n) is 11.0. The Morgan fingerprint density at radius 3 is 2.50 bits per heavy atom. The summed E-state index contributed by atoms with van der Waals surface area (Å²) < 4.78 is 11.8. The Morgan fingerprint density at radius 1 is 1.21 bits per heavy atom. The van der Waals surface area contributed by atoms with Crippen LogP contribution < -0.4 is 4.74 Å². The van der Waals surface area contributed by atoms with Crippen LogP contribution in [0.4, 0.5) is 0 Å². The molecule has 0 bridgehead atoms. The second kappa shape index (κ2) is 10.2. The number of hydrogen-bond donors (Lipinski definition) is 1. The van der Waals surface area contributed by atoms with Crippen LogP contribution in [0.3, 0.4) is 0 Å². The fourth-order valence-corrected chi connectivity index (χ4v) is 3.98. The number of aryl methyl sites for hydroxylation is 2. The molecule has 3 aromatic rings. The molecule has 5 nitrogen and oxygen atoms in total. The molecule has 1 N–H and O–H groups in total. The summed E-state index contributed by atoms with van der Waals surface area (Å²) in [6.45, 7) is 13.3. The predicted molar refractivity (Wildman–Crippen MR) is 137 cm³/mol. The number of hydrogen-bond acceptors (Lipinski definition) is 4. The Bertz CT molecular complexity index is 1230. The largest absolute Gasteiger partial charge is 0.478 e. The molecule has 0 unspecified atom stereocenters. The summed E-state index contributed by atoms with van der Waals surface area (Å²) in [6, 6.07) is 10.9. The van der Waals surface area contributed by atoms with Crippen molar-refractivity contribution in [2.45, 2.75) is 59.0 Å². The van der Waals surface area contributed by atoms with Gasteiger partial charge in [0.15, 0.2) is 5.60 Å². The molecule has 3 rings (SSSR count). The van der Waals surface area contributed by atoms with Crippen molar-refractivity contribution in [1.82, 2.24) is 4.98 Å². The van der Waals surface area contributed by atoms with Gasteiger partial charge in [0.25, 0.3) is 0 Å². The summed E-state index contributed by atoms with van der Waals surface area (Å²) in [5.41, 5.74) is 3.01. The van der Waals surface area contributed by atoms with Crippen LogP contribution in [-0.2, 0) is 11.2 Å².